The molecule has 2 unspecified atom stereocenters. The highest BCUT2D eigenvalue weighted by Crippen LogP contribution is 2.36. The lowest BCUT2D eigenvalue weighted by atomic mass is 9.82. The van der Waals surface area contributed by atoms with Crippen LogP contribution in [0, 0.1) is 5.92 Å². The lowest BCUT2D eigenvalue weighted by Gasteiger charge is -2.36. The van der Waals surface area contributed by atoms with Crippen LogP contribution in [0.15, 0.2) is 77.6 Å². The predicted molar refractivity (Wildman–Crippen MR) is 182 cm³/mol. The maximum absolute atomic E-state index is 13.7. The van der Waals surface area contributed by atoms with E-state index in [1.54, 1.807) is 5.57 Å². The average molecular weight is 603 g/mol. The molecule has 0 radical (unpaired) electrons. The lowest BCUT2D eigenvalue weighted by Crippen LogP contribution is -2.38. The molecule has 1 aromatic rings. The molecule has 0 saturated carbocycles. The number of unbranched alkanes of at least 4 members (excludes halogenated alkanes) is 4. The summed E-state index contributed by atoms with van der Waals surface area (Å²) >= 11 is 0. The van der Waals surface area contributed by atoms with Gasteiger partial charge in [0.25, 0.3) is 0 Å². The number of allylic oxidation sites excluding steroid dienone is 5. The Morgan fingerprint density at radius 1 is 0.909 bits per heavy atom. The van der Waals surface area contributed by atoms with Crippen LogP contribution in [0.25, 0.3) is 0 Å². The molecule has 0 fully saturated rings. The molecule has 0 aliphatic carbocycles. The van der Waals surface area contributed by atoms with E-state index in [0.717, 1.165) is 103 Å². The normalized spacial score (nSPS) is 22.8. The number of carbonyl (C=O) groups excluding carboxylic acids is 1. The smallest absolute Gasteiger partial charge is 0.229 e. The number of aliphatic hydroxyl groups is 1. The Kier molecular flexibility index (Phi) is 16.1. The summed E-state index contributed by atoms with van der Waals surface area (Å²) in [7, 11) is 0. The largest absolute Gasteiger partial charge is 0.396 e. The summed E-state index contributed by atoms with van der Waals surface area (Å²) in [6, 6.07) is 10.4. The number of hydrogen-bond acceptors (Lipinski definition) is 4. The average Bonchev–Trinajstić information content (AvgIpc) is 3.05. The van der Waals surface area contributed by atoms with Crippen molar-refractivity contribution in [2.45, 2.75) is 109 Å². The fraction of sp³-hybridized carbons (Fsp3) is 0.615. The number of rotatable bonds is 14. The first-order chi connectivity index (χ1) is 21.7. The molecule has 5 rings (SSSR count). The third kappa shape index (κ3) is 12.1. The predicted octanol–water partition coefficient (Wildman–Crippen LogP) is 8.52. The molecule has 0 saturated heterocycles. The molecule has 44 heavy (non-hydrogen) atoms. The molecule has 4 aliphatic heterocycles. The SMILES string of the molecule is O=C1C2CCCC/C=C/CCCCN3CCC(=C(C/C=C/CCCCO)C3)C(=CN1CCCCCOCc1ccccc1)C2. The Hall–Kier alpha value is -2.47. The molecule has 4 heterocycles. The first-order valence-corrected chi connectivity index (χ1v) is 17.7. The summed E-state index contributed by atoms with van der Waals surface area (Å²) in [6.45, 7) is 5.86. The number of hydrogen-bond donors (Lipinski definition) is 1. The van der Waals surface area contributed by atoms with Crippen LogP contribution >= 0.6 is 0 Å². The third-order valence-corrected chi connectivity index (χ3v) is 9.36. The van der Waals surface area contributed by atoms with E-state index >= 15 is 0 Å². The van der Waals surface area contributed by atoms with E-state index in [1.807, 2.05) is 6.07 Å². The van der Waals surface area contributed by atoms with Gasteiger partial charge < -0.3 is 14.7 Å². The topological polar surface area (TPSA) is 53.0 Å². The second-order valence-corrected chi connectivity index (χ2v) is 12.9. The van der Waals surface area contributed by atoms with E-state index in [1.165, 1.54) is 48.9 Å². The van der Waals surface area contributed by atoms with Gasteiger partial charge in [0, 0.05) is 45.0 Å². The molecule has 4 bridgehead atoms. The molecular weight excluding hydrogens is 544 g/mol. The quantitative estimate of drug-likeness (QED) is 0.171. The molecular formula is C39H58N2O3. The number of benzene rings is 1. The number of aliphatic hydroxyl groups excluding tert-OH is 1. The first kappa shape index (κ1) is 34.4. The van der Waals surface area contributed by atoms with E-state index in [0.29, 0.717) is 12.5 Å². The van der Waals surface area contributed by atoms with Crippen LogP contribution in [-0.2, 0) is 16.1 Å². The van der Waals surface area contributed by atoms with E-state index in [4.69, 9.17) is 9.84 Å². The third-order valence-electron chi connectivity index (χ3n) is 9.36. The number of nitrogens with zero attached hydrogens (tertiary/aromatic N) is 2. The van der Waals surface area contributed by atoms with Gasteiger partial charge in [-0.25, -0.2) is 0 Å². The molecule has 1 aromatic carbocycles. The highest BCUT2D eigenvalue weighted by atomic mass is 16.5. The fourth-order valence-electron chi connectivity index (χ4n) is 6.78. The van der Waals surface area contributed by atoms with E-state index in [9.17, 15) is 4.79 Å². The zero-order chi connectivity index (χ0) is 30.7. The minimum atomic E-state index is 0.102. The van der Waals surface area contributed by atoms with Crippen LogP contribution in [-0.4, -0.2) is 60.2 Å². The summed E-state index contributed by atoms with van der Waals surface area (Å²) in [4.78, 5) is 18.5. The van der Waals surface area contributed by atoms with Crippen molar-refractivity contribution in [3.63, 3.8) is 0 Å². The minimum Gasteiger partial charge on any atom is -0.396 e. The van der Waals surface area contributed by atoms with Gasteiger partial charge in [-0.05, 0) is 125 Å². The van der Waals surface area contributed by atoms with Gasteiger partial charge in [-0.3, -0.25) is 9.69 Å². The van der Waals surface area contributed by atoms with Crippen molar-refractivity contribution in [1.82, 2.24) is 9.80 Å². The van der Waals surface area contributed by atoms with Gasteiger partial charge in [-0.2, -0.15) is 0 Å². The van der Waals surface area contributed by atoms with Gasteiger partial charge in [-0.1, -0.05) is 61.1 Å². The van der Waals surface area contributed by atoms with E-state index in [-0.39, 0.29) is 12.5 Å². The Labute approximate surface area is 267 Å². The maximum atomic E-state index is 13.7. The van der Waals surface area contributed by atoms with Crippen LogP contribution in [0.5, 0.6) is 0 Å². The summed E-state index contributed by atoms with van der Waals surface area (Å²) in [6.07, 6.45) is 28.8. The number of carbonyl (C=O) groups is 1. The number of fused-ring (bicyclic) bond motifs is 10. The Balaban J connectivity index is 1.42. The highest BCUT2D eigenvalue weighted by molar-refractivity contribution is 5.82. The second-order valence-electron chi connectivity index (χ2n) is 12.9. The van der Waals surface area contributed by atoms with Gasteiger partial charge in [0.2, 0.25) is 5.91 Å². The van der Waals surface area contributed by atoms with Gasteiger partial charge in [0.05, 0.1) is 6.61 Å². The van der Waals surface area contributed by atoms with E-state index in [2.05, 4.69) is 64.6 Å². The van der Waals surface area contributed by atoms with Crippen LogP contribution in [0.2, 0.25) is 0 Å². The first-order valence-electron chi connectivity index (χ1n) is 17.7. The van der Waals surface area contributed by atoms with Gasteiger partial charge in [0.15, 0.2) is 0 Å². The summed E-state index contributed by atoms with van der Waals surface area (Å²) < 4.78 is 5.90. The lowest BCUT2D eigenvalue weighted by molar-refractivity contribution is -0.134. The van der Waals surface area contributed by atoms with Crippen molar-refractivity contribution >= 4 is 5.91 Å². The number of ether oxygens (including phenoxy) is 1. The molecule has 2 atom stereocenters. The zero-order valence-corrected chi connectivity index (χ0v) is 27.3. The zero-order valence-electron chi connectivity index (χ0n) is 27.3. The van der Waals surface area contributed by atoms with Crippen LogP contribution in [0.3, 0.4) is 0 Å². The van der Waals surface area contributed by atoms with Gasteiger partial charge >= 0.3 is 0 Å². The van der Waals surface area contributed by atoms with Crippen molar-refractivity contribution in [3.05, 3.63) is 83.1 Å². The molecule has 242 valence electrons. The van der Waals surface area contributed by atoms with Crippen LogP contribution < -0.4 is 0 Å². The molecule has 1 N–H and O–H groups in total. The summed E-state index contributed by atoms with van der Waals surface area (Å²) in [5, 5.41) is 9.12. The fourth-order valence-corrected chi connectivity index (χ4v) is 6.78. The highest BCUT2D eigenvalue weighted by Gasteiger charge is 2.31. The molecule has 5 heteroatoms. The molecule has 1 amide bonds. The Morgan fingerprint density at radius 3 is 2.59 bits per heavy atom. The van der Waals surface area contributed by atoms with Crippen LogP contribution in [0.1, 0.15) is 108 Å². The molecule has 0 aromatic heterocycles. The molecule has 0 spiro atoms. The second kappa shape index (κ2) is 20.5. The maximum Gasteiger partial charge on any atom is 0.229 e. The molecule has 5 nitrogen and oxygen atoms in total. The Morgan fingerprint density at radius 2 is 1.75 bits per heavy atom. The van der Waals surface area contributed by atoms with Crippen molar-refractivity contribution < 1.29 is 14.6 Å². The standard InChI is InChI=1S/C39H58N2O3/c42-28-18-9-5-7-15-23-36-31-40-25-16-8-4-2-1-3-6-14-22-35-30-37(38(36)24-27-40)32-41(39(35)43)26-17-11-19-29-44-33-34-20-12-10-13-21-34/h1-2,7,10,12-13,15,20-21,32,35,42H,3-6,8-9,11,14,16-19,22-31,33H2/b2-1+,15-7+. The molecule has 4 aliphatic rings. The van der Waals surface area contributed by atoms with Crippen molar-refractivity contribution in [3.8, 4) is 0 Å². The minimum absolute atomic E-state index is 0.102. The Bertz CT molecular complexity index is 1090. The van der Waals surface area contributed by atoms with Gasteiger partial charge in [-0.15, -0.1) is 0 Å². The van der Waals surface area contributed by atoms with E-state index < -0.39 is 0 Å². The van der Waals surface area contributed by atoms with Crippen molar-refractivity contribution in [2.24, 2.45) is 5.92 Å². The van der Waals surface area contributed by atoms with Gasteiger partial charge in [0.1, 0.15) is 0 Å². The number of amides is 1. The van der Waals surface area contributed by atoms with Crippen molar-refractivity contribution in [2.75, 3.05) is 39.4 Å². The van der Waals surface area contributed by atoms with Crippen molar-refractivity contribution in [1.29, 1.82) is 0 Å². The monoisotopic (exact) mass is 602 g/mol. The summed E-state index contributed by atoms with van der Waals surface area (Å²) in [5.41, 5.74) is 5.72. The van der Waals surface area contributed by atoms with Crippen LogP contribution in [0.4, 0.5) is 0 Å². The summed E-state index contributed by atoms with van der Waals surface area (Å²) in [5.74, 6) is 0.440.